The first kappa shape index (κ1) is 19.5. The number of methoxy groups -OCH3 is 1. The number of hydrogen-bond acceptors (Lipinski definition) is 6. The zero-order chi connectivity index (χ0) is 20.2. The highest BCUT2D eigenvalue weighted by Gasteiger charge is 2.16. The average Bonchev–Trinajstić information content (AvgIpc) is 3.22. The smallest absolute Gasteiger partial charge is 0.407 e. The second-order valence-electron chi connectivity index (χ2n) is 6.89. The third kappa shape index (κ3) is 4.13. The Balaban J connectivity index is 1.54. The van der Waals surface area contributed by atoms with E-state index in [1.54, 1.807) is 13.2 Å². The molecule has 8 heteroatoms. The van der Waals surface area contributed by atoms with Gasteiger partial charge in [-0.15, -0.1) is 11.3 Å². The molecule has 29 heavy (non-hydrogen) atoms. The summed E-state index contributed by atoms with van der Waals surface area (Å²) in [5, 5.41) is 9.86. The SMILES string of the molecule is COc1ccc2[nH]c(=O)c3sccc3c2c1C=CCOC(=O)NC1CCNCC1. The fraction of sp³-hybridized carbons (Fsp3) is 0.333. The van der Waals surface area contributed by atoms with Gasteiger partial charge in [0.2, 0.25) is 0 Å². The van der Waals surface area contributed by atoms with Crippen LogP contribution in [0, 0.1) is 0 Å². The number of fused-ring (bicyclic) bond motifs is 3. The van der Waals surface area contributed by atoms with E-state index >= 15 is 0 Å². The molecule has 0 radical (unpaired) electrons. The Morgan fingerprint density at radius 2 is 2.14 bits per heavy atom. The Morgan fingerprint density at radius 1 is 1.31 bits per heavy atom. The van der Waals surface area contributed by atoms with E-state index in [0.29, 0.717) is 10.4 Å². The highest BCUT2D eigenvalue weighted by molar-refractivity contribution is 7.17. The van der Waals surface area contributed by atoms with E-state index in [4.69, 9.17) is 9.47 Å². The van der Waals surface area contributed by atoms with Crippen LogP contribution in [-0.4, -0.2) is 43.9 Å². The maximum absolute atomic E-state index is 12.3. The monoisotopic (exact) mass is 413 g/mol. The van der Waals surface area contributed by atoms with E-state index in [-0.39, 0.29) is 18.2 Å². The number of amides is 1. The van der Waals surface area contributed by atoms with Crippen molar-refractivity contribution >= 4 is 44.5 Å². The number of carbonyl (C=O) groups is 1. The van der Waals surface area contributed by atoms with E-state index in [9.17, 15) is 9.59 Å². The molecule has 4 rings (SSSR count). The highest BCUT2D eigenvalue weighted by atomic mass is 32.1. The number of pyridine rings is 1. The number of rotatable bonds is 5. The second kappa shape index (κ2) is 8.67. The number of nitrogens with one attached hydrogen (secondary N) is 3. The van der Waals surface area contributed by atoms with Crippen LogP contribution >= 0.6 is 11.3 Å². The molecule has 1 fully saturated rings. The number of hydrogen-bond donors (Lipinski definition) is 3. The molecule has 3 heterocycles. The minimum absolute atomic E-state index is 0.0967. The molecule has 0 unspecified atom stereocenters. The Bertz CT molecular complexity index is 1110. The molecule has 1 aliphatic rings. The number of piperidine rings is 1. The van der Waals surface area contributed by atoms with Gasteiger partial charge in [-0.2, -0.15) is 0 Å². The van der Waals surface area contributed by atoms with Gasteiger partial charge in [0, 0.05) is 27.9 Å². The second-order valence-corrected chi connectivity index (χ2v) is 7.81. The summed E-state index contributed by atoms with van der Waals surface area (Å²) in [7, 11) is 1.61. The van der Waals surface area contributed by atoms with Crippen molar-refractivity contribution in [2.75, 3.05) is 26.8 Å². The van der Waals surface area contributed by atoms with Crippen LogP contribution in [0.2, 0.25) is 0 Å². The van der Waals surface area contributed by atoms with Crippen LogP contribution in [0.15, 0.2) is 34.4 Å². The van der Waals surface area contributed by atoms with Crippen molar-refractivity contribution in [1.29, 1.82) is 0 Å². The lowest BCUT2D eigenvalue weighted by molar-refractivity contribution is 0.151. The first-order valence-electron chi connectivity index (χ1n) is 9.58. The number of aromatic nitrogens is 1. The Hall–Kier alpha value is -2.84. The molecule has 7 nitrogen and oxygen atoms in total. The number of carbonyl (C=O) groups excluding carboxylic acids is 1. The number of ether oxygens (including phenoxy) is 2. The van der Waals surface area contributed by atoms with Gasteiger partial charge in [-0.05, 0) is 55.6 Å². The number of benzene rings is 1. The number of aromatic amines is 1. The lowest BCUT2D eigenvalue weighted by Gasteiger charge is -2.23. The molecule has 0 saturated carbocycles. The highest BCUT2D eigenvalue weighted by Crippen LogP contribution is 2.34. The zero-order valence-corrected chi connectivity index (χ0v) is 16.9. The first-order chi connectivity index (χ1) is 14.2. The molecule has 0 spiro atoms. The topological polar surface area (TPSA) is 92.5 Å². The number of thiophene rings is 1. The molecule has 0 bridgehead atoms. The predicted molar refractivity (Wildman–Crippen MR) is 116 cm³/mol. The van der Waals surface area contributed by atoms with Gasteiger partial charge >= 0.3 is 6.09 Å². The van der Waals surface area contributed by atoms with Crippen molar-refractivity contribution in [3.63, 3.8) is 0 Å². The summed E-state index contributed by atoms with van der Waals surface area (Å²) in [6.45, 7) is 1.96. The van der Waals surface area contributed by atoms with Gasteiger partial charge in [0.05, 0.1) is 7.11 Å². The van der Waals surface area contributed by atoms with Crippen LogP contribution in [0.5, 0.6) is 5.75 Å². The van der Waals surface area contributed by atoms with Gasteiger partial charge in [-0.3, -0.25) is 4.79 Å². The van der Waals surface area contributed by atoms with E-state index in [0.717, 1.165) is 47.8 Å². The summed E-state index contributed by atoms with van der Waals surface area (Å²) >= 11 is 1.41. The minimum Gasteiger partial charge on any atom is -0.496 e. The maximum Gasteiger partial charge on any atom is 0.407 e. The van der Waals surface area contributed by atoms with Gasteiger partial charge in [-0.1, -0.05) is 6.08 Å². The fourth-order valence-electron chi connectivity index (χ4n) is 3.66. The molecule has 1 aromatic carbocycles. The molecular formula is C21H23N3O4S. The molecule has 3 N–H and O–H groups in total. The maximum atomic E-state index is 12.3. The van der Waals surface area contributed by atoms with E-state index < -0.39 is 6.09 Å². The summed E-state index contributed by atoms with van der Waals surface area (Å²) in [6, 6.07) is 5.76. The summed E-state index contributed by atoms with van der Waals surface area (Å²) in [5.41, 5.74) is 1.48. The van der Waals surface area contributed by atoms with Gasteiger partial charge in [0.1, 0.15) is 17.1 Å². The number of alkyl carbamates (subject to hydrolysis) is 1. The Morgan fingerprint density at radius 3 is 2.93 bits per heavy atom. The van der Waals surface area contributed by atoms with E-state index in [1.807, 2.05) is 29.7 Å². The Labute approximate surface area is 171 Å². The molecule has 0 atom stereocenters. The van der Waals surface area contributed by atoms with Crippen molar-refractivity contribution in [2.45, 2.75) is 18.9 Å². The van der Waals surface area contributed by atoms with Gasteiger partial charge in [0.25, 0.3) is 5.56 Å². The van der Waals surface area contributed by atoms with Crippen LogP contribution < -0.4 is 20.9 Å². The standard InChI is InChI=1S/C21H23N3O4S/c1-27-17-5-4-16-18(15-8-12-29-19(15)20(25)24-16)14(17)3-2-11-28-21(26)23-13-6-9-22-10-7-13/h2-5,8,12-13,22H,6-7,9-11H2,1H3,(H,23,26)(H,24,25). The summed E-state index contributed by atoms with van der Waals surface area (Å²) in [4.78, 5) is 27.2. The molecule has 3 aromatic rings. The van der Waals surface area contributed by atoms with Crippen molar-refractivity contribution < 1.29 is 14.3 Å². The lowest BCUT2D eigenvalue weighted by Crippen LogP contribution is -2.42. The molecule has 0 aliphatic carbocycles. The summed E-state index contributed by atoms with van der Waals surface area (Å²) < 4.78 is 11.5. The normalized spacial score (nSPS) is 15.2. The number of H-pyrrole nitrogens is 1. The van der Waals surface area contributed by atoms with Crippen molar-refractivity contribution in [2.24, 2.45) is 0 Å². The molecule has 1 saturated heterocycles. The molecule has 2 aromatic heterocycles. The summed E-state index contributed by atoms with van der Waals surface area (Å²) in [6.07, 6.45) is 5.06. The van der Waals surface area contributed by atoms with Gasteiger partial charge in [-0.25, -0.2) is 4.79 Å². The summed E-state index contributed by atoms with van der Waals surface area (Å²) in [5.74, 6) is 0.687. The van der Waals surface area contributed by atoms with Crippen LogP contribution in [0.1, 0.15) is 18.4 Å². The molecular weight excluding hydrogens is 390 g/mol. The van der Waals surface area contributed by atoms with Crippen LogP contribution in [0.25, 0.3) is 27.1 Å². The molecule has 1 amide bonds. The largest absolute Gasteiger partial charge is 0.496 e. The molecule has 1 aliphatic heterocycles. The van der Waals surface area contributed by atoms with Crippen LogP contribution in [0.3, 0.4) is 0 Å². The third-order valence-corrected chi connectivity index (χ3v) is 5.98. The predicted octanol–water partition coefficient (Wildman–Crippen LogP) is 3.24. The van der Waals surface area contributed by atoms with E-state index in [2.05, 4.69) is 15.6 Å². The van der Waals surface area contributed by atoms with Crippen LogP contribution in [0.4, 0.5) is 4.79 Å². The quantitative estimate of drug-likeness (QED) is 0.597. The van der Waals surface area contributed by atoms with Crippen molar-refractivity contribution in [3.05, 3.63) is 45.6 Å². The van der Waals surface area contributed by atoms with Crippen molar-refractivity contribution in [1.82, 2.24) is 15.6 Å². The zero-order valence-electron chi connectivity index (χ0n) is 16.1. The molecule has 152 valence electrons. The third-order valence-electron chi connectivity index (χ3n) is 5.07. The minimum atomic E-state index is -0.406. The van der Waals surface area contributed by atoms with Gasteiger partial charge in [0.15, 0.2) is 0 Å². The fourth-order valence-corrected chi connectivity index (χ4v) is 4.46. The Kier molecular flexibility index (Phi) is 5.82. The average molecular weight is 413 g/mol. The van der Waals surface area contributed by atoms with E-state index in [1.165, 1.54) is 11.3 Å². The lowest BCUT2D eigenvalue weighted by atomic mass is 10.0. The first-order valence-corrected chi connectivity index (χ1v) is 10.5. The van der Waals surface area contributed by atoms with Crippen molar-refractivity contribution in [3.8, 4) is 5.75 Å². The van der Waals surface area contributed by atoms with Crippen LogP contribution in [-0.2, 0) is 4.74 Å². The van der Waals surface area contributed by atoms with Gasteiger partial charge < -0.3 is 25.1 Å².